The predicted molar refractivity (Wildman–Crippen MR) is 87.2 cm³/mol. The maximum Gasteiger partial charge on any atom is 0.253 e. The molecule has 1 unspecified atom stereocenters. The van der Waals surface area contributed by atoms with Crippen molar-refractivity contribution in [3.8, 4) is 0 Å². The third kappa shape index (κ3) is 3.97. The fourth-order valence-electron chi connectivity index (χ4n) is 2.31. The first-order valence-corrected chi connectivity index (χ1v) is 7.84. The first-order chi connectivity index (χ1) is 12.1. The lowest BCUT2D eigenvalue weighted by Gasteiger charge is -2.05. The van der Waals surface area contributed by atoms with Crippen molar-refractivity contribution in [2.75, 3.05) is 6.61 Å². The van der Waals surface area contributed by atoms with Crippen molar-refractivity contribution in [3.63, 3.8) is 0 Å². The van der Waals surface area contributed by atoms with Crippen LogP contribution >= 0.6 is 0 Å². The van der Waals surface area contributed by atoms with E-state index in [2.05, 4.69) is 20.4 Å². The largest absolute Gasteiger partial charge is 0.371 e. The minimum absolute atomic E-state index is 0.0753. The second-order valence-corrected chi connectivity index (χ2v) is 5.39. The van der Waals surface area contributed by atoms with Crippen LogP contribution in [0.15, 0.2) is 35.0 Å². The summed E-state index contributed by atoms with van der Waals surface area (Å²) >= 11 is 0. The van der Waals surface area contributed by atoms with Crippen molar-refractivity contribution in [3.05, 3.63) is 53.6 Å². The number of rotatable bonds is 6. The summed E-state index contributed by atoms with van der Waals surface area (Å²) in [4.78, 5) is 20.6. The molecule has 1 atom stereocenters. The van der Waals surface area contributed by atoms with E-state index in [9.17, 15) is 9.18 Å². The fraction of sp³-hybridized carbons (Fsp3) is 0.294. The lowest BCUT2D eigenvalue weighted by molar-refractivity contribution is 0.0683. The monoisotopic (exact) mass is 344 g/mol. The van der Waals surface area contributed by atoms with Crippen LogP contribution in [0.25, 0.3) is 10.9 Å². The lowest BCUT2D eigenvalue weighted by atomic mass is 10.1. The summed E-state index contributed by atoms with van der Waals surface area (Å²) in [6, 6.07) is 5.80. The first kappa shape index (κ1) is 17.0. The quantitative estimate of drug-likeness (QED) is 0.739. The van der Waals surface area contributed by atoms with Crippen LogP contribution in [0.1, 0.15) is 42.0 Å². The van der Waals surface area contributed by atoms with Crippen LogP contribution in [-0.4, -0.2) is 27.6 Å². The molecule has 0 saturated heterocycles. The molecular weight excluding hydrogens is 327 g/mol. The molecule has 7 nitrogen and oxygen atoms in total. The van der Waals surface area contributed by atoms with Gasteiger partial charge in [-0.1, -0.05) is 5.16 Å². The zero-order chi connectivity index (χ0) is 17.8. The molecular formula is C17H17FN4O3. The molecule has 1 aromatic carbocycles. The van der Waals surface area contributed by atoms with Crippen molar-refractivity contribution >= 4 is 16.8 Å². The lowest BCUT2D eigenvalue weighted by Crippen LogP contribution is -2.23. The average molecular weight is 344 g/mol. The number of nitrogens with zero attached hydrogens (tertiary/aromatic N) is 3. The number of carbonyl (C=O) groups is 1. The van der Waals surface area contributed by atoms with Gasteiger partial charge in [-0.25, -0.2) is 4.39 Å². The van der Waals surface area contributed by atoms with E-state index >= 15 is 0 Å². The highest BCUT2D eigenvalue weighted by atomic mass is 19.1. The van der Waals surface area contributed by atoms with Gasteiger partial charge in [0.2, 0.25) is 5.89 Å². The van der Waals surface area contributed by atoms with Gasteiger partial charge in [-0.05, 0) is 38.1 Å². The van der Waals surface area contributed by atoms with Crippen molar-refractivity contribution in [2.24, 2.45) is 0 Å². The van der Waals surface area contributed by atoms with E-state index in [1.54, 1.807) is 12.1 Å². The molecule has 2 aromatic heterocycles. The van der Waals surface area contributed by atoms with Crippen LogP contribution in [0.2, 0.25) is 0 Å². The van der Waals surface area contributed by atoms with E-state index in [-0.39, 0.29) is 30.3 Å². The number of amides is 1. The van der Waals surface area contributed by atoms with Gasteiger partial charge in [0.1, 0.15) is 11.9 Å². The third-order valence-electron chi connectivity index (χ3n) is 3.57. The summed E-state index contributed by atoms with van der Waals surface area (Å²) in [5.74, 6) is -0.0476. The predicted octanol–water partition coefficient (Wildman–Crippen LogP) is 2.78. The number of hydrogen-bond donors (Lipinski definition) is 1. The molecule has 130 valence electrons. The Balaban J connectivity index is 1.66. The molecule has 0 aliphatic rings. The molecule has 0 aliphatic carbocycles. The van der Waals surface area contributed by atoms with Crippen LogP contribution in [0.3, 0.4) is 0 Å². The number of pyridine rings is 1. The minimum Gasteiger partial charge on any atom is -0.371 e. The van der Waals surface area contributed by atoms with Crippen LogP contribution in [-0.2, 0) is 11.3 Å². The van der Waals surface area contributed by atoms with Gasteiger partial charge in [0.15, 0.2) is 5.82 Å². The highest BCUT2D eigenvalue weighted by molar-refractivity contribution is 5.97. The molecule has 3 aromatic rings. The number of ether oxygens (including phenoxy) is 1. The summed E-state index contributed by atoms with van der Waals surface area (Å²) in [7, 11) is 0. The zero-order valence-corrected chi connectivity index (χ0v) is 13.8. The highest BCUT2D eigenvalue weighted by Crippen LogP contribution is 2.15. The third-order valence-corrected chi connectivity index (χ3v) is 3.57. The first-order valence-electron chi connectivity index (χ1n) is 7.84. The van der Waals surface area contributed by atoms with E-state index in [1.807, 2.05) is 13.8 Å². The van der Waals surface area contributed by atoms with Gasteiger partial charge in [-0.2, -0.15) is 4.98 Å². The Morgan fingerprint density at radius 1 is 1.40 bits per heavy atom. The Labute approximate surface area is 143 Å². The van der Waals surface area contributed by atoms with Gasteiger partial charge in [-0.3, -0.25) is 9.78 Å². The normalized spacial score (nSPS) is 12.3. The van der Waals surface area contributed by atoms with Crippen LogP contribution < -0.4 is 5.32 Å². The number of benzene rings is 1. The van der Waals surface area contributed by atoms with Gasteiger partial charge in [-0.15, -0.1) is 0 Å². The molecule has 2 heterocycles. The smallest absolute Gasteiger partial charge is 0.253 e. The topological polar surface area (TPSA) is 90.1 Å². The molecule has 0 radical (unpaired) electrons. The number of hydrogen-bond acceptors (Lipinski definition) is 6. The van der Waals surface area contributed by atoms with Gasteiger partial charge >= 0.3 is 0 Å². The molecule has 25 heavy (non-hydrogen) atoms. The number of carbonyl (C=O) groups excluding carboxylic acids is 1. The van der Waals surface area contributed by atoms with Gasteiger partial charge in [0, 0.05) is 18.2 Å². The Kier molecular flexibility index (Phi) is 4.99. The van der Waals surface area contributed by atoms with Gasteiger partial charge < -0.3 is 14.6 Å². The number of fused-ring (bicyclic) bond motifs is 1. The minimum atomic E-state index is -0.381. The van der Waals surface area contributed by atoms with Crippen LogP contribution in [0.4, 0.5) is 4.39 Å². The fourth-order valence-corrected chi connectivity index (χ4v) is 2.31. The number of nitrogens with one attached hydrogen (secondary N) is 1. The second-order valence-electron chi connectivity index (χ2n) is 5.39. The molecule has 3 rings (SSSR count). The van der Waals surface area contributed by atoms with Crippen LogP contribution in [0, 0.1) is 5.82 Å². The van der Waals surface area contributed by atoms with Gasteiger partial charge in [0.05, 0.1) is 17.6 Å². The molecule has 1 amide bonds. The number of halogens is 1. The Bertz CT molecular complexity index is 896. The van der Waals surface area contributed by atoms with Crippen molar-refractivity contribution in [1.29, 1.82) is 0 Å². The van der Waals surface area contributed by atoms with E-state index in [0.717, 1.165) is 0 Å². The van der Waals surface area contributed by atoms with E-state index in [1.165, 1.54) is 18.3 Å². The summed E-state index contributed by atoms with van der Waals surface area (Å²) < 4.78 is 23.8. The Morgan fingerprint density at radius 2 is 2.24 bits per heavy atom. The average Bonchev–Trinajstić information content (AvgIpc) is 3.08. The standard InChI is InChI=1S/C17H17FN4O3/c1-3-24-10(2)16-21-15(25-22-16)9-20-17(23)12-6-11-7-13(18)4-5-14(11)19-8-12/h4-8,10H,3,9H2,1-2H3,(H,20,23). The maximum absolute atomic E-state index is 13.3. The summed E-state index contributed by atoms with van der Waals surface area (Å²) in [6.07, 6.45) is 1.16. The van der Waals surface area contributed by atoms with Crippen molar-refractivity contribution in [1.82, 2.24) is 20.4 Å². The van der Waals surface area contributed by atoms with Crippen LogP contribution in [0.5, 0.6) is 0 Å². The van der Waals surface area contributed by atoms with Crippen molar-refractivity contribution in [2.45, 2.75) is 26.5 Å². The van der Waals surface area contributed by atoms with E-state index in [0.29, 0.717) is 28.9 Å². The van der Waals surface area contributed by atoms with E-state index < -0.39 is 0 Å². The summed E-state index contributed by atoms with van der Waals surface area (Å²) in [6.45, 7) is 4.31. The zero-order valence-electron chi connectivity index (χ0n) is 13.8. The molecule has 0 aliphatic heterocycles. The Morgan fingerprint density at radius 3 is 3.04 bits per heavy atom. The number of aromatic nitrogens is 3. The summed E-state index contributed by atoms with van der Waals surface area (Å²) in [5, 5.41) is 7.04. The highest BCUT2D eigenvalue weighted by Gasteiger charge is 2.15. The molecule has 0 saturated carbocycles. The Hall–Kier alpha value is -2.87. The second kappa shape index (κ2) is 7.35. The summed E-state index contributed by atoms with van der Waals surface area (Å²) in [5.41, 5.74) is 0.935. The van der Waals surface area contributed by atoms with Crippen molar-refractivity contribution < 1.29 is 18.4 Å². The van der Waals surface area contributed by atoms with Gasteiger partial charge in [0.25, 0.3) is 5.91 Å². The molecule has 1 N–H and O–H groups in total. The van der Waals surface area contributed by atoms with E-state index in [4.69, 9.17) is 9.26 Å². The SMILES string of the molecule is CCOC(C)c1noc(CNC(=O)c2cnc3ccc(F)cc3c2)n1. The maximum atomic E-state index is 13.3. The molecule has 8 heteroatoms. The molecule has 0 bridgehead atoms. The molecule has 0 spiro atoms. The molecule has 0 fully saturated rings.